The highest BCUT2D eigenvalue weighted by atomic mass is 19.4. The third kappa shape index (κ3) is 6.01. The summed E-state index contributed by atoms with van der Waals surface area (Å²) in [5, 5.41) is 10.1. The van der Waals surface area contributed by atoms with Gasteiger partial charge in [-0.15, -0.1) is 0 Å². The summed E-state index contributed by atoms with van der Waals surface area (Å²) >= 11 is 0. The molecule has 0 aliphatic rings. The number of aliphatic carboxylic acids is 1. The molecule has 0 rings (SSSR count). The van der Waals surface area contributed by atoms with Crippen LogP contribution in [-0.2, 0) is 19.0 Å². The van der Waals surface area contributed by atoms with Crippen molar-refractivity contribution in [2.45, 2.75) is 66.5 Å². The Morgan fingerprint density at radius 2 is 0.675 bits per heavy atom. The molecule has 0 aromatic carbocycles. The van der Waals surface area contributed by atoms with Gasteiger partial charge >= 0.3 is 66.5 Å². The van der Waals surface area contributed by atoms with Crippen LogP contribution in [0.5, 0.6) is 0 Å². The molecular formula is C12F23O5-. The zero-order chi connectivity index (χ0) is 33.2. The van der Waals surface area contributed by atoms with Crippen LogP contribution >= 0.6 is 0 Å². The molecule has 0 spiro atoms. The highest BCUT2D eigenvalue weighted by Crippen LogP contribution is 2.59. The van der Waals surface area contributed by atoms with Crippen molar-refractivity contribution in [1.82, 2.24) is 0 Å². The minimum atomic E-state index is -8.79. The van der Waals surface area contributed by atoms with E-state index in [4.69, 9.17) is 0 Å². The first-order chi connectivity index (χ1) is 16.8. The van der Waals surface area contributed by atoms with Crippen molar-refractivity contribution in [2.24, 2.45) is 0 Å². The van der Waals surface area contributed by atoms with E-state index in [0.717, 1.165) is 9.47 Å². The van der Waals surface area contributed by atoms with Crippen LogP contribution in [0.1, 0.15) is 0 Å². The second-order valence-corrected chi connectivity index (χ2v) is 6.50. The third-order valence-electron chi connectivity index (χ3n) is 3.63. The Hall–Kier alpha value is -2.26. The van der Waals surface area contributed by atoms with Crippen molar-refractivity contribution < 1.29 is 125 Å². The number of rotatable bonds is 10. The van der Waals surface area contributed by atoms with Crippen LogP contribution in [0.2, 0.25) is 0 Å². The average molecular weight is 661 g/mol. The fourth-order valence-corrected chi connectivity index (χ4v) is 1.67. The minimum Gasteiger partial charge on any atom is -0.544 e. The molecule has 3 atom stereocenters. The Kier molecular flexibility index (Phi) is 9.10. The summed E-state index contributed by atoms with van der Waals surface area (Å²) in [5.74, 6) is -37.8. The lowest BCUT2D eigenvalue weighted by atomic mass is 10.2. The number of carboxylic acid groups (broad SMARTS) is 1. The molecule has 0 fully saturated rings. The molecule has 0 saturated heterocycles. The van der Waals surface area contributed by atoms with Crippen LogP contribution in [0, 0.1) is 0 Å². The van der Waals surface area contributed by atoms with E-state index in [1.807, 2.05) is 0 Å². The molecule has 0 bridgehead atoms. The first kappa shape index (κ1) is 37.7. The van der Waals surface area contributed by atoms with Gasteiger partial charge in [0.25, 0.3) is 0 Å². The van der Waals surface area contributed by atoms with Gasteiger partial charge in [-0.25, -0.2) is 0 Å². The molecule has 0 aromatic heterocycles. The summed E-state index contributed by atoms with van der Waals surface area (Å²) in [6, 6.07) is 0. The van der Waals surface area contributed by atoms with Crippen LogP contribution in [0.25, 0.3) is 0 Å². The highest BCUT2D eigenvalue weighted by Gasteiger charge is 2.88. The van der Waals surface area contributed by atoms with Gasteiger partial charge in [-0.3, -0.25) is 14.2 Å². The Morgan fingerprint density at radius 1 is 0.400 bits per heavy atom. The SMILES string of the molecule is O=C([O-])C(F)(OC(F)(F)C(F)(OC(F)(F)C(F)(OC(F)(F)C(F)(F)C(F)(F)F)C(F)(F)F)C(F)(F)F)C(F)(F)F. The molecule has 0 aliphatic heterocycles. The molecule has 240 valence electrons. The molecule has 0 radical (unpaired) electrons. The maximum atomic E-state index is 14.0. The largest absolute Gasteiger partial charge is 0.544 e. The smallest absolute Gasteiger partial charge is 0.462 e. The lowest BCUT2D eigenvalue weighted by Gasteiger charge is -2.43. The van der Waals surface area contributed by atoms with E-state index in [-0.39, 0.29) is 0 Å². The van der Waals surface area contributed by atoms with Crippen molar-refractivity contribution in [2.75, 3.05) is 0 Å². The van der Waals surface area contributed by atoms with E-state index in [9.17, 15) is 111 Å². The van der Waals surface area contributed by atoms with E-state index < -0.39 is 72.5 Å². The summed E-state index contributed by atoms with van der Waals surface area (Å²) in [6.45, 7) is 0. The number of hydrogen-bond acceptors (Lipinski definition) is 5. The van der Waals surface area contributed by atoms with Crippen molar-refractivity contribution in [3.63, 3.8) is 0 Å². The van der Waals surface area contributed by atoms with Crippen molar-refractivity contribution >= 4 is 5.97 Å². The summed E-state index contributed by atoms with van der Waals surface area (Å²) in [5.41, 5.74) is 0. The summed E-state index contributed by atoms with van der Waals surface area (Å²) in [7, 11) is 0. The summed E-state index contributed by atoms with van der Waals surface area (Å²) < 4.78 is 300. The highest BCUT2D eigenvalue weighted by molar-refractivity contribution is 5.74. The van der Waals surface area contributed by atoms with Crippen LogP contribution in [0.4, 0.5) is 101 Å². The Labute approximate surface area is 199 Å². The predicted molar refractivity (Wildman–Crippen MR) is 63.8 cm³/mol. The zero-order valence-electron chi connectivity index (χ0n) is 16.7. The lowest BCUT2D eigenvalue weighted by molar-refractivity contribution is -0.579. The fraction of sp³-hybridized carbons (Fsp3) is 0.917. The lowest BCUT2D eigenvalue weighted by Crippen LogP contribution is -2.71. The second-order valence-electron chi connectivity index (χ2n) is 6.50. The van der Waals surface area contributed by atoms with Gasteiger partial charge in [0, 0.05) is 0 Å². The normalized spacial score (nSPS) is 20.0. The van der Waals surface area contributed by atoms with Gasteiger partial charge in [-0.05, 0) is 0 Å². The molecule has 0 heterocycles. The summed E-state index contributed by atoms with van der Waals surface area (Å²) in [4.78, 5) is 10.1. The Balaban J connectivity index is 7.24. The monoisotopic (exact) mass is 661 g/mol. The number of carbonyl (C=O) groups excluding carboxylic acids is 1. The maximum Gasteiger partial charge on any atom is 0.462 e. The van der Waals surface area contributed by atoms with Crippen molar-refractivity contribution in [3.8, 4) is 0 Å². The predicted octanol–water partition coefficient (Wildman–Crippen LogP) is 5.45. The fourth-order valence-electron chi connectivity index (χ4n) is 1.67. The molecule has 40 heavy (non-hydrogen) atoms. The molecule has 28 heteroatoms. The number of carbonyl (C=O) groups is 1. The zero-order valence-corrected chi connectivity index (χ0v) is 16.7. The van der Waals surface area contributed by atoms with Crippen LogP contribution in [0.3, 0.4) is 0 Å². The van der Waals surface area contributed by atoms with Gasteiger partial charge < -0.3 is 9.90 Å². The van der Waals surface area contributed by atoms with E-state index >= 15 is 0 Å². The number of ether oxygens (including phenoxy) is 3. The van der Waals surface area contributed by atoms with Gasteiger partial charge in [0.1, 0.15) is 5.97 Å². The van der Waals surface area contributed by atoms with Crippen molar-refractivity contribution in [3.05, 3.63) is 0 Å². The quantitative estimate of drug-likeness (QED) is 0.292. The molecule has 0 amide bonds. The Bertz CT molecular complexity index is 930. The average Bonchev–Trinajstić information content (AvgIpc) is 2.62. The molecule has 0 aliphatic carbocycles. The van der Waals surface area contributed by atoms with E-state index in [1.54, 1.807) is 0 Å². The molecular weight excluding hydrogens is 661 g/mol. The maximum absolute atomic E-state index is 14.0. The van der Waals surface area contributed by atoms with E-state index in [0.29, 0.717) is 0 Å². The van der Waals surface area contributed by atoms with Gasteiger partial charge in [0.2, 0.25) is 0 Å². The second kappa shape index (κ2) is 9.65. The molecule has 3 unspecified atom stereocenters. The molecule has 0 aromatic rings. The van der Waals surface area contributed by atoms with Crippen LogP contribution in [0.15, 0.2) is 0 Å². The molecule has 0 saturated carbocycles. The van der Waals surface area contributed by atoms with E-state index in [2.05, 4.69) is 0 Å². The van der Waals surface area contributed by atoms with Gasteiger partial charge in [-0.1, -0.05) is 0 Å². The topological polar surface area (TPSA) is 67.8 Å². The number of hydrogen-bond donors (Lipinski definition) is 0. The summed E-state index contributed by atoms with van der Waals surface area (Å²) in [6.07, 6.45) is -58.0. The Morgan fingerprint density at radius 3 is 0.900 bits per heavy atom. The van der Waals surface area contributed by atoms with Crippen LogP contribution in [-0.4, -0.2) is 72.5 Å². The number of alkyl halides is 23. The molecule has 5 nitrogen and oxygen atoms in total. The first-order valence-electron chi connectivity index (χ1n) is 7.98. The van der Waals surface area contributed by atoms with Gasteiger partial charge in [-0.2, -0.15) is 101 Å². The number of carboxylic acids is 1. The first-order valence-corrected chi connectivity index (χ1v) is 7.98. The van der Waals surface area contributed by atoms with Crippen LogP contribution < -0.4 is 5.11 Å². The van der Waals surface area contributed by atoms with Gasteiger partial charge in [0.05, 0.1) is 0 Å². The minimum absolute atomic E-state index is 0.963. The third-order valence-corrected chi connectivity index (χ3v) is 3.63. The number of halogens is 23. The molecule has 0 N–H and O–H groups in total. The van der Waals surface area contributed by atoms with Crippen molar-refractivity contribution in [1.29, 1.82) is 0 Å². The van der Waals surface area contributed by atoms with E-state index in [1.165, 1.54) is 4.74 Å². The standard InChI is InChI=1S/C12HF23O5/c13-2(1(36)37,6(18,19)20)38-11(32,33)4(16,8(24,25)26)40-12(34,35)5(17,9(27,28)29)39-10(30,31)3(14,15)7(21,22)23/h(H,36,37)/p-1. The van der Waals surface area contributed by atoms with Gasteiger partial charge in [0.15, 0.2) is 0 Å².